The van der Waals surface area contributed by atoms with E-state index in [1.165, 1.54) is 0 Å². The Morgan fingerprint density at radius 2 is 2.11 bits per heavy atom. The Bertz CT molecular complexity index is 974. The lowest BCUT2D eigenvalue weighted by Crippen LogP contribution is -2.40. The minimum atomic E-state index is -0.470. The van der Waals surface area contributed by atoms with Gasteiger partial charge in [0.25, 0.3) is 5.91 Å². The standard InChI is InChI=1S/C18H21N7O3/c19-14(26)9-28-12-3-1-11(2-4-12)22-17(27)16-15-13(5-6-21-15)23-18(24-16)25-8-7-20-10-25/h5-8,10-12,21H,1-4,9H2,(H2,19,26)(H,22,27)/t11-,12-. The van der Waals surface area contributed by atoms with Gasteiger partial charge in [0.05, 0.1) is 17.1 Å². The zero-order chi connectivity index (χ0) is 19.5. The third-order valence-corrected chi connectivity index (χ3v) is 4.82. The Balaban J connectivity index is 1.46. The van der Waals surface area contributed by atoms with E-state index in [1.54, 1.807) is 35.6 Å². The number of hydrogen-bond acceptors (Lipinski definition) is 6. The van der Waals surface area contributed by atoms with E-state index in [2.05, 4.69) is 25.3 Å². The van der Waals surface area contributed by atoms with Crippen molar-refractivity contribution in [3.05, 3.63) is 36.7 Å². The summed E-state index contributed by atoms with van der Waals surface area (Å²) in [6, 6.07) is 1.83. The number of imidazole rings is 1. The van der Waals surface area contributed by atoms with E-state index in [0.29, 0.717) is 22.7 Å². The molecule has 0 radical (unpaired) electrons. The summed E-state index contributed by atoms with van der Waals surface area (Å²) in [5.74, 6) is -0.334. The SMILES string of the molecule is NC(=O)CO[C@H]1CC[C@H](NC(=O)c2nc(-n3ccnc3)nc3cc[nH]c23)CC1. The van der Waals surface area contributed by atoms with Crippen molar-refractivity contribution in [2.45, 2.75) is 37.8 Å². The molecular formula is C18H21N7O3. The van der Waals surface area contributed by atoms with Crippen LogP contribution in [-0.2, 0) is 9.53 Å². The highest BCUT2D eigenvalue weighted by atomic mass is 16.5. The van der Waals surface area contributed by atoms with Crippen LogP contribution < -0.4 is 11.1 Å². The van der Waals surface area contributed by atoms with Crippen LogP contribution in [-0.4, -0.2) is 55.1 Å². The minimum absolute atomic E-state index is 0.00246. The molecule has 1 aliphatic carbocycles. The van der Waals surface area contributed by atoms with E-state index >= 15 is 0 Å². The summed E-state index contributed by atoms with van der Waals surface area (Å²) in [6.45, 7) is -0.0650. The van der Waals surface area contributed by atoms with Gasteiger partial charge in [0.15, 0.2) is 5.69 Å². The van der Waals surface area contributed by atoms with Crippen LogP contribution in [0.4, 0.5) is 0 Å². The molecule has 0 unspecified atom stereocenters. The van der Waals surface area contributed by atoms with Crippen molar-refractivity contribution in [3.8, 4) is 5.95 Å². The number of carbonyl (C=O) groups excluding carboxylic acids is 2. The van der Waals surface area contributed by atoms with Gasteiger partial charge in [0.2, 0.25) is 11.9 Å². The second kappa shape index (κ2) is 7.77. The topological polar surface area (TPSA) is 141 Å². The van der Waals surface area contributed by atoms with Crippen molar-refractivity contribution >= 4 is 22.8 Å². The second-order valence-corrected chi connectivity index (χ2v) is 6.80. The molecule has 10 heteroatoms. The molecule has 1 aliphatic rings. The number of amides is 2. The van der Waals surface area contributed by atoms with E-state index in [-0.39, 0.29) is 24.7 Å². The first kappa shape index (κ1) is 18.1. The number of aromatic nitrogens is 5. The molecular weight excluding hydrogens is 362 g/mol. The van der Waals surface area contributed by atoms with E-state index < -0.39 is 5.91 Å². The van der Waals surface area contributed by atoms with Crippen molar-refractivity contribution in [1.82, 2.24) is 29.8 Å². The molecule has 0 aromatic carbocycles. The zero-order valence-electron chi connectivity index (χ0n) is 15.2. The number of ether oxygens (including phenoxy) is 1. The second-order valence-electron chi connectivity index (χ2n) is 6.80. The maximum atomic E-state index is 12.9. The number of carbonyl (C=O) groups is 2. The normalized spacial score (nSPS) is 19.6. The highest BCUT2D eigenvalue weighted by molar-refractivity contribution is 6.03. The molecule has 2 amide bonds. The Kier molecular flexibility index (Phi) is 5.02. The van der Waals surface area contributed by atoms with Crippen LogP contribution >= 0.6 is 0 Å². The molecule has 0 spiro atoms. The maximum absolute atomic E-state index is 12.9. The quantitative estimate of drug-likeness (QED) is 0.572. The van der Waals surface area contributed by atoms with Crippen molar-refractivity contribution in [1.29, 1.82) is 0 Å². The molecule has 3 aromatic heterocycles. The lowest BCUT2D eigenvalue weighted by Gasteiger charge is -2.28. The lowest BCUT2D eigenvalue weighted by atomic mass is 9.93. The van der Waals surface area contributed by atoms with Gasteiger partial charge in [-0.3, -0.25) is 14.2 Å². The van der Waals surface area contributed by atoms with Crippen molar-refractivity contribution in [2.75, 3.05) is 6.61 Å². The van der Waals surface area contributed by atoms with Crippen molar-refractivity contribution in [2.24, 2.45) is 5.73 Å². The summed E-state index contributed by atoms with van der Waals surface area (Å²) in [7, 11) is 0. The molecule has 0 saturated heterocycles. The molecule has 3 aromatic rings. The molecule has 4 rings (SSSR count). The maximum Gasteiger partial charge on any atom is 0.272 e. The third-order valence-electron chi connectivity index (χ3n) is 4.82. The van der Waals surface area contributed by atoms with E-state index in [1.807, 2.05) is 0 Å². The molecule has 146 valence electrons. The Morgan fingerprint density at radius 1 is 1.29 bits per heavy atom. The summed E-state index contributed by atoms with van der Waals surface area (Å²) in [4.78, 5) is 39.7. The highest BCUT2D eigenvalue weighted by Crippen LogP contribution is 2.22. The summed E-state index contributed by atoms with van der Waals surface area (Å²) < 4.78 is 7.12. The predicted octanol–water partition coefficient (Wildman–Crippen LogP) is 0.687. The first-order valence-corrected chi connectivity index (χ1v) is 9.14. The monoisotopic (exact) mass is 383 g/mol. The summed E-state index contributed by atoms with van der Waals surface area (Å²) in [6.07, 6.45) is 9.73. The Hall–Kier alpha value is -3.27. The Morgan fingerprint density at radius 3 is 2.82 bits per heavy atom. The smallest absolute Gasteiger partial charge is 0.272 e. The highest BCUT2D eigenvalue weighted by Gasteiger charge is 2.25. The van der Waals surface area contributed by atoms with Crippen molar-refractivity contribution in [3.63, 3.8) is 0 Å². The van der Waals surface area contributed by atoms with Crippen LogP contribution in [0.5, 0.6) is 0 Å². The number of nitrogens with two attached hydrogens (primary N) is 1. The van der Waals surface area contributed by atoms with Gasteiger partial charge in [-0.1, -0.05) is 0 Å². The molecule has 1 saturated carbocycles. The number of nitrogens with zero attached hydrogens (tertiary/aromatic N) is 4. The molecule has 3 heterocycles. The van der Waals surface area contributed by atoms with Gasteiger partial charge in [-0.2, -0.15) is 0 Å². The number of aromatic amines is 1. The van der Waals surface area contributed by atoms with Crippen LogP contribution in [0.3, 0.4) is 0 Å². The molecule has 0 bridgehead atoms. The first-order valence-electron chi connectivity index (χ1n) is 9.14. The average molecular weight is 383 g/mol. The Labute approximate surface area is 160 Å². The van der Waals surface area contributed by atoms with E-state index in [9.17, 15) is 9.59 Å². The van der Waals surface area contributed by atoms with Crippen molar-refractivity contribution < 1.29 is 14.3 Å². The number of nitrogens with one attached hydrogen (secondary N) is 2. The van der Waals surface area contributed by atoms with Gasteiger partial charge in [-0.15, -0.1) is 0 Å². The van der Waals surface area contributed by atoms with E-state index in [0.717, 1.165) is 25.7 Å². The molecule has 0 aliphatic heterocycles. The molecule has 1 fully saturated rings. The van der Waals surface area contributed by atoms with Gasteiger partial charge in [-0.05, 0) is 31.7 Å². The van der Waals surface area contributed by atoms with Gasteiger partial charge < -0.3 is 20.8 Å². The number of rotatable bonds is 6. The minimum Gasteiger partial charge on any atom is -0.368 e. The number of fused-ring (bicyclic) bond motifs is 1. The third kappa shape index (κ3) is 3.86. The molecule has 28 heavy (non-hydrogen) atoms. The van der Waals surface area contributed by atoms with Crippen LogP contribution in [0.15, 0.2) is 31.0 Å². The lowest BCUT2D eigenvalue weighted by molar-refractivity contribution is -0.125. The molecule has 10 nitrogen and oxygen atoms in total. The number of hydrogen-bond donors (Lipinski definition) is 3. The van der Waals surface area contributed by atoms with Gasteiger partial charge >= 0.3 is 0 Å². The number of primary amides is 1. The summed E-state index contributed by atoms with van der Waals surface area (Å²) >= 11 is 0. The van der Waals surface area contributed by atoms with Crippen LogP contribution in [0.1, 0.15) is 36.2 Å². The predicted molar refractivity (Wildman–Crippen MR) is 99.7 cm³/mol. The van der Waals surface area contributed by atoms with Crippen LogP contribution in [0.2, 0.25) is 0 Å². The van der Waals surface area contributed by atoms with Crippen LogP contribution in [0, 0.1) is 0 Å². The fourth-order valence-electron chi connectivity index (χ4n) is 3.42. The van der Waals surface area contributed by atoms with E-state index in [4.69, 9.17) is 10.5 Å². The fourth-order valence-corrected chi connectivity index (χ4v) is 3.42. The number of H-pyrrole nitrogens is 1. The van der Waals surface area contributed by atoms with Crippen LogP contribution in [0.25, 0.3) is 17.0 Å². The van der Waals surface area contributed by atoms with Gasteiger partial charge in [-0.25, -0.2) is 15.0 Å². The fraction of sp³-hybridized carbons (Fsp3) is 0.389. The van der Waals surface area contributed by atoms with Gasteiger partial charge in [0, 0.05) is 24.6 Å². The average Bonchev–Trinajstić information content (AvgIpc) is 3.38. The summed E-state index contributed by atoms with van der Waals surface area (Å²) in [5.41, 5.74) is 6.66. The summed E-state index contributed by atoms with van der Waals surface area (Å²) in [5, 5.41) is 3.05. The first-order chi connectivity index (χ1) is 13.6. The molecule has 0 atom stereocenters. The zero-order valence-corrected chi connectivity index (χ0v) is 15.2. The van der Waals surface area contributed by atoms with Gasteiger partial charge in [0.1, 0.15) is 12.9 Å². The largest absolute Gasteiger partial charge is 0.368 e. The molecule has 4 N–H and O–H groups in total.